The SMILES string of the molecule is CCOC(=O)c1nnn(Cc2ccccc2)c1Oc1ccc(F)cc1. The fourth-order valence-corrected chi connectivity index (χ4v) is 2.21. The first-order chi connectivity index (χ1) is 12.2. The molecule has 3 rings (SSSR count). The van der Waals surface area contributed by atoms with Crippen LogP contribution in [0.3, 0.4) is 0 Å². The zero-order valence-electron chi connectivity index (χ0n) is 13.6. The van der Waals surface area contributed by atoms with E-state index in [0.29, 0.717) is 12.3 Å². The van der Waals surface area contributed by atoms with Crippen molar-refractivity contribution in [3.8, 4) is 11.6 Å². The number of ether oxygens (including phenoxy) is 2. The third kappa shape index (κ3) is 4.00. The standard InChI is InChI=1S/C18H16FN3O3/c1-2-24-18(23)16-17(25-15-10-8-14(19)9-11-15)22(21-20-16)12-13-6-4-3-5-7-13/h3-11H,2,12H2,1H3. The summed E-state index contributed by atoms with van der Waals surface area (Å²) < 4.78 is 25.3. The number of hydrogen-bond acceptors (Lipinski definition) is 5. The van der Waals surface area contributed by atoms with Crippen LogP contribution in [0.1, 0.15) is 23.0 Å². The Morgan fingerprint density at radius 2 is 1.84 bits per heavy atom. The minimum Gasteiger partial charge on any atom is -0.461 e. The second kappa shape index (κ2) is 7.57. The number of carbonyl (C=O) groups is 1. The number of rotatable bonds is 6. The van der Waals surface area contributed by atoms with Crippen LogP contribution in [-0.2, 0) is 11.3 Å². The highest BCUT2D eigenvalue weighted by molar-refractivity contribution is 5.89. The molecule has 1 heterocycles. The van der Waals surface area contributed by atoms with Gasteiger partial charge in [-0.3, -0.25) is 0 Å². The highest BCUT2D eigenvalue weighted by Gasteiger charge is 2.23. The molecule has 2 aromatic carbocycles. The van der Waals surface area contributed by atoms with E-state index in [1.54, 1.807) is 6.92 Å². The maximum atomic E-state index is 13.1. The first-order valence-corrected chi connectivity index (χ1v) is 7.75. The van der Waals surface area contributed by atoms with Crippen LogP contribution in [0.4, 0.5) is 4.39 Å². The van der Waals surface area contributed by atoms with E-state index >= 15 is 0 Å². The quantitative estimate of drug-likeness (QED) is 0.643. The van der Waals surface area contributed by atoms with Gasteiger partial charge in [-0.05, 0) is 36.8 Å². The van der Waals surface area contributed by atoms with Crippen molar-refractivity contribution in [3.05, 3.63) is 71.7 Å². The summed E-state index contributed by atoms with van der Waals surface area (Å²) in [6, 6.07) is 15.0. The Bertz CT molecular complexity index is 848. The Morgan fingerprint density at radius 1 is 1.12 bits per heavy atom. The lowest BCUT2D eigenvalue weighted by Gasteiger charge is -2.09. The molecule has 7 heteroatoms. The van der Waals surface area contributed by atoms with Gasteiger partial charge in [-0.25, -0.2) is 13.9 Å². The van der Waals surface area contributed by atoms with Crippen LogP contribution in [0.25, 0.3) is 0 Å². The van der Waals surface area contributed by atoms with Crippen LogP contribution in [0.5, 0.6) is 11.6 Å². The number of nitrogens with zero attached hydrogens (tertiary/aromatic N) is 3. The van der Waals surface area contributed by atoms with Crippen LogP contribution >= 0.6 is 0 Å². The van der Waals surface area contributed by atoms with Gasteiger partial charge in [0.1, 0.15) is 11.6 Å². The third-order valence-electron chi connectivity index (χ3n) is 3.36. The molecule has 0 spiro atoms. The van der Waals surface area contributed by atoms with Crippen molar-refractivity contribution in [1.29, 1.82) is 0 Å². The Labute approximate surface area is 143 Å². The Balaban J connectivity index is 1.94. The average molecular weight is 341 g/mol. The number of hydrogen-bond donors (Lipinski definition) is 0. The molecule has 0 aliphatic rings. The van der Waals surface area contributed by atoms with Gasteiger partial charge in [0.05, 0.1) is 13.2 Å². The Hall–Kier alpha value is -3.22. The van der Waals surface area contributed by atoms with Crippen molar-refractivity contribution in [1.82, 2.24) is 15.0 Å². The predicted octanol–water partition coefficient (Wildman–Crippen LogP) is 3.43. The third-order valence-corrected chi connectivity index (χ3v) is 3.36. The van der Waals surface area contributed by atoms with Crippen LogP contribution < -0.4 is 4.74 Å². The maximum Gasteiger partial charge on any atom is 0.364 e. The van der Waals surface area contributed by atoms with Gasteiger partial charge in [-0.2, -0.15) is 0 Å². The number of halogens is 1. The van der Waals surface area contributed by atoms with E-state index in [0.717, 1.165) is 5.56 Å². The molecule has 0 aliphatic carbocycles. The molecular weight excluding hydrogens is 325 g/mol. The van der Waals surface area contributed by atoms with Gasteiger partial charge < -0.3 is 9.47 Å². The van der Waals surface area contributed by atoms with E-state index in [4.69, 9.17) is 9.47 Å². The van der Waals surface area contributed by atoms with E-state index in [1.807, 2.05) is 30.3 Å². The summed E-state index contributed by atoms with van der Waals surface area (Å²) in [6.45, 7) is 2.27. The van der Waals surface area contributed by atoms with E-state index < -0.39 is 5.97 Å². The van der Waals surface area contributed by atoms with Crippen LogP contribution in [-0.4, -0.2) is 27.6 Å². The Kier molecular flexibility index (Phi) is 5.03. The monoisotopic (exact) mass is 341 g/mol. The molecule has 6 nitrogen and oxygen atoms in total. The van der Waals surface area contributed by atoms with Crippen LogP contribution in [0, 0.1) is 5.82 Å². The van der Waals surface area contributed by atoms with Crippen molar-refractivity contribution < 1.29 is 18.7 Å². The average Bonchev–Trinajstić information content (AvgIpc) is 3.00. The van der Waals surface area contributed by atoms with E-state index in [9.17, 15) is 9.18 Å². The molecule has 128 valence electrons. The molecule has 0 radical (unpaired) electrons. The molecule has 3 aromatic rings. The molecule has 0 fully saturated rings. The fraction of sp³-hybridized carbons (Fsp3) is 0.167. The van der Waals surface area contributed by atoms with E-state index in [1.165, 1.54) is 28.9 Å². The van der Waals surface area contributed by atoms with Crippen molar-refractivity contribution >= 4 is 5.97 Å². The molecule has 0 aliphatic heterocycles. The summed E-state index contributed by atoms with van der Waals surface area (Å²) in [7, 11) is 0. The lowest BCUT2D eigenvalue weighted by atomic mass is 10.2. The molecule has 25 heavy (non-hydrogen) atoms. The second-order valence-corrected chi connectivity index (χ2v) is 5.16. The molecule has 0 N–H and O–H groups in total. The smallest absolute Gasteiger partial charge is 0.364 e. The molecule has 0 saturated heterocycles. The zero-order chi connectivity index (χ0) is 17.6. The molecule has 0 atom stereocenters. The lowest BCUT2D eigenvalue weighted by molar-refractivity contribution is 0.0516. The van der Waals surface area contributed by atoms with Crippen molar-refractivity contribution in [3.63, 3.8) is 0 Å². The first-order valence-electron chi connectivity index (χ1n) is 7.75. The van der Waals surface area contributed by atoms with Crippen molar-refractivity contribution in [2.45, 2.75) is 13.5 Å². The molecule has 0 unspecified atom stereocenters. The van der Waals surface area contributed by atoms with Crippen molar-refractivity contribution in [2.24, 2.45) is 0 Å². The van der Waals surface area contributed by atoms with Crippen LogP contribution in [0.2, 0.25) is 0 Å². The van der Waals surface area contributed by atoms with Gasteiger partial charge in [0.25, 0.3) is 5.88 Å². The van der Waals surface area contributed by atoms with Crippen molar-refractivity contribution in [2.75, 3.05) is 6.61 Å². The Morgan fingerprint density at radius 3 is 2.52 bits per heavy atom. The number of benzene rings is 2. The predicted molar refractivity (Wildman–Crippen MR) is 88.0 cm³/mol. The second-order valence-electron chi connectivity index (χ2n) is 5.16. The highest BCUT2D eigenvalue weighted by Crippen LogP contribution is 2.25. The number of carbonyl (C=O) groups excluding carboxylic acids is 1. The molecule has 0 bridgehead atoms. The maximum absolute atomic E-state index is 13.1. The summed E-state index contributed by atoms with van der Waals surface area (Å²) in [5, 5.41) is 7.88. The topological polar surface area (TPSA) is 66.2 Å². The number of esters is 1. The normalized spacial score (nSPS) is 10.5. The van der Waals surface area contributed by atoms with Gasteiger partial charge in [-0.1, -0.05) is 35.5 Å². The van der Waals surface area contributed by atoms with E-state index in [-0.39, 0.29) is 24.0 Å². The van der Waals surface area contributed by atoms with Gasteiger partial charge in [0.15, 0.2) is 0 Å². The summed E-state index contributed by atoms with van der Waals surface area (Å²) in [6.07, 6.45) is 0. The highest BCUT2D eigenvalue weighted by atomic mass is 19.1. The first kappa shape index (κ1) is 16.6. The minimum absolute atomic E-state index is 0.0258. The lowest BCUT2D eigenvalue weighted by Crippen LogP contribution is -2.09. The van der Waals surface area contributed by atoms with Crippen LogP contribution in [0.15, 0.2) is 54.6 Å². The summed E-state index contributed by atoms with van der Waals surface area (Å²) >= 11 is 0. The summed E-state index contributed by atoms with van der Waals surface area (Å²) in [5.74, 6) is -0.495. The minimum atomic E-state index is -0.626. The van der Waals surface area contributed by atoms with Gasteiger partial charge in [0.2, 0.25) is 5.69 Å². The molecular formula is C18H16FN3O3. The largest absolute Gasteiger partial charge is 0.461 e. The molecule has 1 aromatic heterocycles. The molecule has 0 saturated carbocycles. The fourth-order valence-electron chi connectivity index (χ4n) is 2.21. The zero-order valence-corrected chi connectivity index (χ0v) is 13.6. The summed E-state index contributed by atoms with van der Waals surface area (Å²) in [4.78, 5) is 12.1. The summed E-state index contributed by atoms with van der Waals surface area (Å²) in [5.41, 5.74) is 0.939. The molecule has 0 amide bonds. The van der Waals surface area contributed by atoms with Gasteiger partial charge in [-0.15, -0.1) is 5.10 Å². The number of aromatic nitrogens is 3. The van der Waals surface area contributed by atoms with Gasteiger partial charge >= 0.3 is 5.97 Å². The van der Waals surface area contributed by atoms with E-state index in [2.05, 4.69) is 10.3 Å². The van der Waals surface area contributed by atoms with Gasteiger partial charge in [0, 0.05) is 0 Å².